The van der Waals surface area contributed by atoms with E-state index in [1.807, 2.05) is 6.07 Å². The number of carbonyl (C=O) groups is 1. The van der Waals surface area contributed by atoms with Crippen molar-refractivity contribution in [3.63, 3.8) is 0 Å². The molecule has 138 valence electrons. The Bertz CT molecular complexity index is 799. The van der Waals surface area contributed by atoms with Crippen LogP contribution in [0.25, 0.3) is 0 Å². The number of anilines is 1. The highest BCUT2D eigenvalue weighted by Gasteiger charge is 2.34. The summed E-state index contributed by atoms with van der Waals surface area (Å²) in [6.07, 6.45) is -1.05. The lowest BCUT2D eigenvalue weighted by Crippen LogP contribution is -2.56. The van der Waals surface area contributed by atoms with Gasteiger partial charge in [0.05, 0.1) is 0 Å². The number of amides is 1. The van der Waals surface area contributed by atoms with Crippen molar-refractivity contribution in [2.24, 2.45) is 0 Å². The minimum absolute atomic E-state index is 0.173. The number of rotatable bonds is 4. The van der Waals surface area contributed by atoms with Crippen LogP contribution in [0.1, 0.15) is 10.4 Å². The number of halogens is 5. The molecule has 0 unspecified atom stereocenters. The number of alkyl halides is 3. The van der Waals surface area contributed by atoms with Gasteiger partial charge in [0.1, 0.15) is 6.17 Å². The fraction of sp³-hybridized carbons (Fsp3) is 0.125. The molecule has 0 aliphatic heterocycles. The number of benzene rings is 2. The standard InChI is InChI=1S/C16H12Cl4IN3OS/c17-10-4-6-12(7-5-10)22-15(26)24-14(16(18,19)20)23-13(25)9-2-1-3-11(21)8-9/h1-8,14H,(H,23,25)(H2,22,24,26)/t14-/m0/s1. The molecule has 0 aliphatic carbocycles. The van der Waals surface area contributed by atoms with Crippen molar-refractivity contribution in [3.8, 4) is 0 Å². The second kappa shape index (κ2) is 9.61. The fourth-order valence-electron chi connectivity index (χ4n) is 1.88. The molecule has 2 rings (SSSR count). The van der Waals surface area contributed by atoms with E-state index >= 15 is 0 Å². The molecule has 0 radical (unpaired) electrons. The Kier molecular flexibility index (Phi) is 8.06. The zero-order valence-corrected chi connectivity index (χ0v) is 18.9. The summed E-state index contributed by atoms with van der Waals surface area (Å²) in [5.41, 5.74) is 1.13. The van der Waals surface area contributed by atoms with Crippen molar-refractivity contribution in [1.29, 1.82) is 0 Å². The Labute approximate surface area is 190 Å². The summed E-state index contributed by atoms with van der Waals surface area (Å²) in [5.74, 6) is -0.401. The third-order valence-electron chi connectivity index (χ3n) is 3.07. The third-order valence-corrected chi connectivity index (χ3v) is 4.86. The summed E-state index contributed by atoms with van der Waals surface area (Å²) in [4.78, 5) is 12.4. The van der Waals surface area contributed by atoms with E-state index < -0.39 is 15.9 Å². The summed E-state index contributed by atoms with van der Waals surface area (Å²) < 4.78 is -0.919. The Morgan fingerprint density at radius 3 is 2.31 bits per heavy atom. The van der Waals surface area contributed by atoms with E-state index in [9.17, 15) is 4.79 Å². The highest BCUT2D eigenvalue weighted by atomic mass is 127. The van der Waals surface area contributed by atoms with Gasteiger partial charge < -0.3 is 16.0 Å². The quantitative estimate of drug-likeness (QED) is 0.203. The number of hydrogen-bond donors (Lipinski definition) is 3. The van der Waals surface area contributed by atoms with Crippen molar-refractivity contribution >= 4 is 97.9 Å². The Balaban J connectivity index is 2.06. The van der Waals surface area contributed by atoms with Crippen LogP contribution in [0.3, 0.4) is 0 Å². The minimum atomic E-state index is -1.83. The lowest BCUT2D eigenvalue weighted by molar-refractivity contribution is 0.0934. The van der Waals surface area contributed by atoms with Gasteiger partial charge in [0, 0.05) is 19.8 Å². The minimum Gasteiger partial charge on any atom is -0.339 e. The molecule has 1 amide bonds. The first-order valence-corrected chi connectivity index (χ1v) is 10.1. The van der Waals surface area contributed by atoms with Crippen LogP contribution in [0.15, 0.2) is 48.5 Å². The average molecular weight is 563 g/mol. The Morgan fingerprint density at radius 1 is 1.08 bits per heavy atom. The molecule has 10 heteroatoms. The summed E-state index contributed by atoms with van der Waals surface area (Å²) in [6, 6.07) is 13.9. The van der Waals surface area contributed by atoms with Gasteiger partial charge in [0.2, 0.25) is 3.79 Å². The molecule has 0 spiro atoms. The number of carbonyl (C=O) groups excluding carboxylic acids is 1. The van der Waals surface area contributed by atoms with Gasteiger partial charge in [-0.05, 0) is 77.3 Å². The molecule has 0 saturated carbocycles. The van der Waals surface area contributed by atoms with Gasteiger partial charge in [-0.3, -0.25) is 4.79 Å². The predicted molar refractivity (Wildman–Crippen MR) is 122 cm³/mol. The van der Waals surface area contributed by atoms with Crippen LogP contribution in [-0.2, 0) is 0 Å². The molecule has 1 atom stereocenters. The fourth-order valence-corrected chi connectivity index (χ4v) is 3.11. The van der Waals surface area contributed by atoms with Gasteiger partial charge in [0.15, 0.2) is 5.11 Å². The van der Waals surface area contributed by atoms with Crippen LogP contribution in [0, 0.1) is 3.57 Å². The molecule has 2 aromatic rings. The smallest absolute Gasteiger partial charge is 0.253 e. The number of thiocarbonyl (C=S) groups is 1. The molecule has 3 N–H and O–H groups in total. The SMILES string of the molecule is O=C(N[C@@H](NC(=S)Nc1ccc(Cl)cc1)C(Cl)(Cl)Cl)c1cccc(I)c1. The second-order valence-corrected chi connectivity index (χ2v) is 9.52. The van der Waals surface area contributed by atoms with E-state index in [1.165, 1.54) is 0 Å². The molecule has 0 aliphatic rings. The molecule has 0 aromatic heterocycles. The molecule has 2 aromatic carbocycles. The topological polar surface area (TPSA) is 53.2 Å². The van der Waals surface area contributed by atoms with Gasteiger partial charge in [-0.15, -0.1) is 0 Å². The first-order valence-electron chi connectivity index (χ1n) is 7.11. The van der Waals surface area contributed by atoms with Crippen LogP contribution in [0.2, 0.25) is 5.02 Å². The summed E-state index contributed by atoms with van der Waals surface area (Å²) in [5, 5.41) is 9.12. The van der Waals surface area contributed by atoms with Crippen molar-refractivity contribution in [2.75, 3.05) is 5.32 Å². The summed E-state index contributed by atoms with van der Waals surface area (Å²) in [7, 11) is 0. The van der Waals surface area contributed by atoms with Crippen LogP contribution < -0.4 is 16.0 Å². The highest BCUT2D eigenvalue weighted by molar-refractivity contribution is 14.1. The number of nitrogens with one attached hydrogen (secondary N) is 3. The van der Waals surface area contributed by atoms with E-state index in [1.54, 1.807) is 42.5 Å². The molecule has 0 fully saturated rings. The normalized spacial score (nSPS) is 12.2. The predicted octanol–water partition coefficient (Wildman–Crippen LogP) is 5.36. The maximum Gasteiger partial charge on any atom is 0.253 e. The van der Waals surface area contributed by atoms with Crippen molar-refractivity contribution in [1.82, 2.24) is 10.6 Å². The largest absolute Gasteiger partial charge is 0.339 e. The first kappa shape index (κ1) is 21.8. The number of hydrogen-bond acceptors (Lipinski definition) is 2. The average Bonchev–Trinajstić information content (AvgIpc) is 2.55. The van der Waals surface area contributed by atoms with Gasteiger partial charge in [-0.1, -0.05) is 52.5 Å². The van der Waals surface area contributed by atoms with Crippen molar-refractivity contribution < 1.29 is 4.79 Å². The summed E-state index contributed by atoms with van der Waals surface area (Å²) in [6.45, 7) is 0. The molecule has 0 heterocycles. The second-order valence-electron chi connectivity index (χ2n) is 5.06. The third kappa shape index (κ3) is 6.90. The zero-order chi connectivity index (χ0) is 19.3. The molecule has 0 bridgehead atoms. The lowest BCUT2D eigenvalue weighted by Gasteiger charge is -2.27. The molecular weight excluding hydrogens is 551 g/mol. The van der Waals surface area contributed by atoms with E-state index in [4.69, 9.17) is 58.6 Å². The van der Waals surface area contributed by atoms with Crippen LogP contribution >= 0.6 is 81.2 Å². The Hall–Kier alpha value is -0.510. The lowest BCUT2D eigenvalue weighted by atomic mass is 10.2. The molecule has 4 nitrogen and oxygen atoms in total. The van der Waals surface area contributed by atoms with Gasteiger partial charge in [-0.2, -0.15) is 0 Å². The first-order chi connectivity index (χ1) is 12.1. The van der Waals surface area contributed by atoms with E-state index in [2.05, 4.69) is 38.5 Å². The monoisotopic (exact) mass is 561 g/mol. The van der Waals surface area contributed by atoms with Crippen molar-refractivity contribution in [2.45, 2.75) is 9.96 Å². The van der Waals surface area contributed by atoms with Gasteiger partial charge >= 0.3 is 0 Å². The van der Waals surface area contributed by atoms with Crippen molar-refractivity contribution in [3.05, 3.63) is 62.7 Å². The van der Waals surface area contributed by atoms with Crippen LogP contribution in [0.5, 0.6) is 0 Å². The van der Waals surface area contributed by atoms with Gasteiger partial charge in [0.25, 0.3) is 5.91 Å². The molecule has 26 heavy (non-hydrogen) atoms. The van der Waals surface area contributed by atoms with Crippen LogP contribution in [0.4, 0.5) is 5.69 Å². The maximum atomic E-state index is 12.4. The molecular formula is C16H12Cl4IN3OS. The van der Waals surface area contributed by atoms with Gasteiger partial charge in [-0.25, -0.2) is 0 Å². The van der Waals surface area contributed by atoms with E-state index in [0.717, 1.165) is 3.57 Å². The van der Waals surface area contributed by atoms with Crippen LogP contribution in [-0.4, -0.2) is 21.0 Å². The zero-order valence-electron chi connectivity index (χ0n) is 12.9. The van der Waals surface area contributed by atoms with E-state index in [0.29, 0.717) is 16.3 Å². The maximum absolute atomic E-state index is 12.4. The Morgan fingerprint density at radius 2 is 1.73 bits per heavy atom. The summed E-state index contributed by atoms with van der Waals surface area (Å²) >= 11 is 31.1. The molecule has 0 saturated heterocycles. The highest BCUT2D eigenvalue weighted by Crippen LogP contribution is 2.29. The van der Waals surface area contributed by atoms with E-state index in [-0.39, 0.29) is 5.11 Å².